The van der Waals surface area contributed by atoms with Crippen LogP contribution in [0.25, 0.3) is 0 Å². The lowest BCUT2D eigenvalue weighted by Gasteiger charge is -2.32. The Balaban J connectivity index is 2.59. The molecule has 0 amide bonds. The Kier molecular flexibility index (Phi) is 5.20. The lowest BCUT2D eigenvalue weighted by molar-refractivity contribution is 0.269. The van der Waals surface area contributed by atoms with Gasteiger partial charge in [-0.2, -0.15) is 0 Å². The molecule has 0 spiro atoms. The molecule has 1 fully saturated rings. The molecule has 1 atom stereocenters. The van der Waals surface area contributed by atoms with Gasteiger partial charge in [-0.3, -0.25) is 4.99 Å². The zero-order chi connectivity index (χ0) is 14.7. The van der Waals surface area contributed by atoms with Gasteiger partial charge in [0.1, 0.15) is 0 Å². The second-order valence-electron chi connectivity index (χ2n) is 6.13. The maximum atomic E-state index is 11.2. The van der Waals surface area contributed by atoms with Gasteiger partial charge >= 0.3 is 0 Å². The Bertz CT molecular complexity index is 431. The van der Waals surface area contributed by atoms with Gasteiger partial charge in [-0.25, -0.2) is 13.1 Å². The van der Waals surface area contributed by atoms with Crippen molar-refractivity contribution in [2.24, 2.45) is 16.6 Å². The van der Waals surface area contributed by atoms with Crippen molar-refractivity contribution in [3.05, 3.63) is 0 Å². The summed E-state index contributed by atoms with van der Waals surface area (Å²) in [5, 5.41) is 0. The molecule has 112 valence electrons. The Hall–Kier alpha value is -0.820. The van der Waals surface area contributed by atoms with E-state index in [2.05, 4.69) is 21.5 Å². The predicted octanol–water partition coefficient (Wildman–Crippen LogP) is 0.361. The minimum Gasteiger partial charge on any atom is -0.370 e. The molecular formula is C12H26N4O2S. The van der Waals surface area contributed by atoms with Gasteiger partial charge in [0.15, 0.2) is 5.96 Å². The minimum absolute atomic E-state index is 0.330. The summed E-state index contributed by atoms with van der Waals surface area (Å²) in [5.74, 6) is 1.14. The van der Waals surface area contributed by atoms with Crippen LogP contribution in [-0.4, -0.2) is 50.7 Å². The van der Waals surface area contributed by atoms with E-state index in [9.17, 15) is 8.42 Å². The number of hydrogen-bond acceptors (Lipinski definition) is 3. The number of nitrogens with zero attached hydrogens (tertiary/aromatic N) is 2. The van der Waals surface area contributed by atoms with Crippen molar-refractivity contribution in [1.82, 2.24) is 9.62 Å². The van der Waals surface area contributed by atoms with E-state index in [1.165, 1.54) is 6.42 Å². The summed E-state index contributed by atoms with van der Waals surface area (Å²) in [5.41, 5.74) is 5.35. The van der Waals surface area contributed by atoms with Gasteiger partial charge in [0, 0.05) is 18.6 Å². The molecule has 7 heteroatoms. The average molecular weight is 290 g/mol. The highest BCUT2D eigenvalue weighted by atomic mass is 32.2. The molecule has 0 aromatic rings. The normalized spacial score (nSPS) is 22.6. The lowest BCUT2D eigenvalue weighted by Crippen LogP contribution is -2.47. The Labute approximate surface area is 116 Å². The van der Waals surface area contributed by atoms with Crippen molar-refractivity contribution in [2.75, 3.05) is 25.9 Å². The van der Waals surface area contributed by atoms with E-state index in [0.29, 0.717) is 18.4 Å². The maximum Gasteiger partial charge on any atom is 0.209 e. The van der Waals surface area contributed by atoms with Crippen LogP contribution in [0.1, 0.15) is 33.6 Å². The van der Waals surface area contributed by atoms with Gasteiger partial charge in [0.05, 0.1) is 12.8 Å². The third-order valence-corrected chi connectivity index (χ3v) is 4.00. The van der Waals surface area contributed by atoms with Crippen molar-refractivity contribution in [1.29, 1.82) is 0 Å². The lowest BCUT2D eigenvalue weighted by atomic mass is 10.0. The number of aliphatic imine (C=N–C) groups is 1. The van der Waals surface area contributed by atoms with Crippen LogP contribution in [0.2, 0.25) is 0 Å². The van der Waals surface area contributed by atoms with Gasteiger partial charge < -0.3 is 10.6 Å². The van der Waals surface area contributed by atoms with E-state index in [4.69, 9.17) is 5.73 Å². The monoisotopic (exact) mass is 290 g/mol. The highest BCUT2D eigenvalue weighted by Gasteiger charge is 2.23. The number of rotatable bonds is 4. The number of piperidine rings is 1. The summed E-state index contributed by atoms with van der Waals surface area (Å²) in [6.45, 7) is 7.98. The highest BCUT2D eigenvalue weighted by Crippen LogP contribution is 2.15. The van der Waals surface area contributed by atoms with E-state index in [1.807, 2.05) is 0 Å². The second-order valence-corrected chi connectivity index (χ2v) is 7.87. The fourth-order valence-corrected chi connectivity index (χ4v) is 3.38. The van der Waals surface area contributed by atoms with Gasteiger partial charge in [0.2, 0.25) is 10.0 Å². The molecule has 3 N–H and O–H groups in total. The average Bonchev–Trinajstić information content (AvgIpc) is 2.22. The van der Waals surface area contributed by atoms with E-state index in [0.717, 1.165) is 25.8 Å². The van der Waals surface area contributed by atoms with Crippen molar-refractivity contribution in [3.8, 4) is 0 Å². The molecule has 0 saturated carbocycles. The fraction of sp³-hybridized carbons (Fsp3) is 0.917. The third kappa shape index (κ3) is 6.24. The third-order valence-electron chi connectivity index (χ3n) is 3.08. The zero-order valence-electron chi connectivity index (χ0n) is 12.3. The first kappa shape index (κ1) is 16.2. The summed E-state index contributed by atoms with van der Waals surface area (Å²) < 4.78 is 25.0. The molecule has 0 radical (unpaired) electrons. The van der Waals surface area contributed by atoms with Crippen LogP contribution in [0.3, 0.4) is 0 Å². The summed E-state index contributed by atoms with van der Waals surface area (Å²) >= 11 is 0. The number of hydrogen-bond donors (Lipinski definition) is 2. The predicted molar refractivity (Wildman–Crippen MR) is 78.5 cm³/mol. The molecule has 1 aliphatic heterocycles. The topological polar surface area (TPSA) is 87.8 Å². The second kappa shape index (κ2) is 6.09. The summed E-state index contributed by atoms with van der Waals surface area (Å²) in [6, 6.07) is 0. The van der Waals surface area contributed by atoms with Crippen LogP contribution in [0, 0.1) is 5.92 Å². The van der Waals surface area contributed by atoms with Crippen LogP contribution in [0.5, 0.6) is 0 Å². The maximum absolute atomic E-state index is 11.2. The molecule has 1 saturated heterocycles. The molecule has 0 aromatic carbocycles. The van der Waals surface area contributed by atoms with Gasteiger partial charge in [-0.1, -0.05) is 6.92 Å². The van der Waals surface area contributed by atoms with Crippen molar-refractivity contribution < 1.29 is 8.42 Å². The standard InChI is InChI=1S/C12H26N4O2S/c1-10-6-5-7-16(8-10)11(13)14-9-12(2,3)15-19(4,17)18/h10,15H,5-9H2,1-4H3,(H2,13,14). The first-order valence-corrected chi connectivity index (χ1v) is 8.52. The van der Waals surface area contributed by atoms with E-state index < -0.39 is 15.6 Å². The summed E-state index contributed by atoms with van der Waals surface area (Å²) in [4.78, 5) is 6.41. The summed E-state index contributed by atoms with van der Waals surface area (Å²) in [6.07, 6.45) is 3.50. The first-order chi connectivity index (χ1) is 8.59. The molecule has 19 heavy (non-hydrogen) atoms. The molecule has 1 unspecified atom stereocenters. The van der Waals surface area contributed by atoms with E-state index >= 15 is 0 Å². The molecular weight excluding hydrogens is 264 g/mol. The summed E-state index contributed by atoms with van der Waals surface area (Å²) in [7, 11) is -3.24. The molecule has 6 nitrogen and oxygen atoms in total. The van der Waals surface area contributed by atoms with Crippen molar-refractivity contribution in [3.63, 3.8) is 0 Å². The molecule has 1 aliphatic rings. The van der Waals surface area contributed by atoms with Crippen LogP contribution >= 0.6 is 0 Å². The van der Waals surface area contributed by atoms with Crippen LogP contribution in [0.4, 0.5) is 0 Å². The largest absolute Gasteiger partial charge is 0.370 e. The first-order valence-electron chi connectivity index (χ1n) is 6.63. The van der Waals surface area contributed by atoms with Gasteiger partial charge in [-0.05, 0) is 32.6 Å². The Morgan fingerprint density at radius 3 is 2.68 bits per heavy atom. The van der Waals surface area contributed by atoms with E-state index in [1.54, 1.807) is 13.8 Å². The molecule has 1 heterocycles. The number of nitrogens with one attached hydrogen (secondary N) is 1. The quantitative estimate of drug-likeness (QED) is 0.578. The highest BCUT2D eigenvalue weighted by molar-refractivity contribution is 7.88. The zero-order valence-corrected chi connectivity index (χ0v) is 13.1. The van der Waals surface area contributed by atoms with Crippen LogP contribution in [-0.2, 0) is 10.0 Å². The number of sulfonamides is 1. The molecule has 0 aromatic heterocycles. The Morgan fingerprint density at radius 2 is 2.16 bits per heavy atom. The van der Waals surface area contributed by atoms with Crippen molar-refractivity contribution in [2.45, 2.75) is 39.2 Å². The van der Waals surface area contributed by atoms with Gasteiger partial charge in [-0.15, -0.1) is 0 Å². The smallest absolute Gasteiger partial charge is 0.209 e. The van der Waals surface area contributed by atoms with Gasteiger partial charge in [0.25, 0.3) is 0 Å². The minimum atomic E-state index is -3.24. The molecule has 1 rings (SSSR count). The van der Waals surface area contributed by atoms with Crippen molar-refractivity contribution >= 4 is 16.0 Å². The number of likely N-dealkylation sites (tertiary alicyclic amines) is 1. The SMILES string of the molecule is CC1CCCN(C(N)=NCC(C)(C)NS(C)(=O)=O)C1. The van der Waals surface area contributed by atoms with Crippen LogP contribution < -0.4 is 10.5 Å². The van der Waals surface area contributed by atoms with Crippen LogP contribution in [0.15, 0.2) is 4.99 Å². The number of guanidine groups is 1. The van der Waals surface area contributed by atoms with E-state index in [-0.39, 0.29) is 0 Å². The molecule has 0 aliphatic carbocycles. The number of nitrogens with two attached hydrogens (primary N) is 1. The molecule has 0 bridgehead atoms. The fourth-order valence-electron chi connectivity index (χ4n) is 2.31. The Morgan fingerprint density at radius 1 is 1.53 bits per heavy atom.